The van der Waals surface area contributed by atoms with Crippen LogP contribution in [0.2, 0.25) is 0 Å². The monoisotopic (exact) mass is 407 g/mol. The number of rotatable bonds is 4. The molecule has 0 radical (unpaired) electrons. The SMILES string of the molecule is C[C@H]1CN(Cc2ccc(N3CCOCC3)cc2CF)CCN1C(=O)OC(C)(C)C. The van der Waals surface area contributed by atoms with Crippen molar-refractivity contribution in [3.8, 4) is 0 Å². The summed E-state index contributed by atoms with van der Waals surface area (Å²) in [7, 11) is 0. The summed E-state index contributed by atoms with van der Waals surface area (Å²) in [6.45, 7) is 13.1. The molecule has 1 aromatic rings. The van der Waals surface area contributed by atoms with Crippen molar-refractivity contribution in [3.63, 3.8) is 0 Å². The van der Waals surface area contributed by atoms with Gasteiger partial charge in [0, 0.05) is 51.0 Å². The van der Waals surface area contributed by atoms with Crippen molar-refractivity contribution in [1.82, 2.24) is 9.80 Å². The molecule has 0 N–H and O–H groups in total. The van der Waals surface area contributed by atoms with E-state index in [2.05, 4.69) is 15.9 Å². The average molecular weight is 408 g/mol. The lowest BCUT2D eigenvalue weighted by Gasteiger charge is -2.40. The van der Waals surface area contributed by atoms with Crippen LogP contribution in [0.25, 0.3) is 0 Å². The standard InChI is InChI=1S/C22H34FN3O3/c1-17-15-24(7-8-26(17)21(27)29-22(2,3)4)16-18-5-6-20(13-19(18)14-23)25-9-11-28-12-10-25/h5-6,13,17H,7-12,14-16H2,1-4H3/t17-/m0/s1. The largest absolute Gasteiger partial charge is 0.444 e. The van der Waals surface area contributed by atoms with Gasteiger partial charge < -0.3 is 19.3 Å². The predicted molar refractivity (Wildman–Crippen MR) is 112 cm³/mol. The van der Waals surface area contributed by atoms with Gasteiger partial charge in [0.15, 0.2) is 0 Å². The highest BCUT2D eigenvalue weighted by molar-refractivity contribution is 5.68. The molecule has 2 aliphatic heterocycles. The second-order valence-electron chi connectivity index (χ2n) is 8.94. The minimum absolute atomic E-state index is 0.0556. The topological polar surface area (TPSA) is 45.2 Å². The van der Waals surface area contributed by atoms with Gasteiger partial charge in [0.25, 0.3) is 0 Å². The highest BCUT2D eigenvalue weighted by Crippen LogP contribution is 2.24. The number of benzene rings is 1. The van der Waals surface area contributed by atoms with E-state index in [4.69, 9.17) is 9.47 Å². The van der Waals surface area contributed by atoms with Crippen LogP contribution >= 0.6 is 0 Å². The first-order valence-corrected chi connectivity index (χ1v) is 10.5. The Morgan fingerprint density at radius 2 is 1.90 bits per heavy atom. The molecule has 1 atom stereocenters. The molecule has 0 aliphatic carbocycles. The van der Waals surface area contributed by atoms with E-state index in [0.29, 0.717) is 26.3 Å². The number of carbonyl (C=O) groups is 1. The number of carbonyl (C=O) groups excluding carboxylic acids is 1. The number of morpholine rings is 1. The third-order valence-electron chi connectivity index (χ3n) is 5.44. The van der Waals surface area contributed by atoms with Crippen molar-refractivity contribution >= 4 is 11.8 Å². The molecule has 2 saturated heterocycles. The molecule has 0 bridgehead atoms. The number of nitrogens with zero attached hydrogens (tertiary/aromatic N) is 3. The normalized spacial score (nSPS) is 21.3. The van der Waals surface area contributed by atoms with Crippen molar-refractivity contribution < 1.29 is 18.7 Å². The third-order valence-corrected chi connectivity index (χ3v) is 5.44. The van der Waals surface area contributed by atoms with Crippen LogP contribution in [0.5, 0.6) is 0 Å². The Morgan fingerprint density at radius 3 is 2.52 bits per heavy atom. The fourth-order valence-electron chi connectivity index (χ4n) is 3.92. The second-order valence-corrected chi connectivity index (χ2v) is 8.94. The van der Waals surface area contributed by atoms with E-state index in [1.54, 1.807) is 4.90 Å². The number of anilines is 1. The summed E-state index contributed by atoms with van der Waals surface area (Å²) < 4.78 is 24.7. The van der Waals surface area contributed by atoms with Gasteiger partial charge in [0.05, 0.1) is 13.2 Å². The first-order chi connectivity index (χ1) is 13.8. The lowest BCUT2D eigenvalue weighted by atomic mass is 10.0. The Bertz CT molecular complexity index is 701. The Labute approximate surface area is 173 Å². The minimum Gasteiger partial charge on any atom is -0.444 e. The number of halogens is 1. The average Bonchev–Trinajstić information content (AvgIpc) is 2.67. The molecule has 2 heterocycles. The summed E-state index contributed by atoms with van der Waals surface area (Å²) >= 11 is 0. The molecule has 2 aliphatic rings. The predicted octanol–water partition coefficient (Wildman–Crippen LogP) is 3.43. The highest BCUT2D eigenvalue weighted by atomic mass is 19.1. The van der Waals surface area contributed by atoms with Crippen LogP contribution in [0.3, 0.4) is 0 Å². The zero-order valence-corrected chi connectivity index (χ0v) is 18.1. The first-order valence-electron chi connectivity index (χ1n) is 10.5. The van der Waals surface area contributed by atoms with Crippen LogP contribution in [0.4, 0.5) is 14.9 Å². The van der Waals surface area contributed by atoms with E-state index in [1.807, 2.05) is 39.8 Å². The van der Waals surface area contributed by atoms with Crippen molar-refractivity contribution in [2.24, 2.45) is 0 Å². The Balaban J connectivity index is 1.61. The Morgan fingerprint density at radius 1 is 1.17 bits per heavy atom. The summed E-state index contributed by atoms with van der Waals surface area (Å²) in [6, 6.07) is 6.16. The van der Waals surface area contributed by atoms with Gasteiger partial charge in [-0.25, -0.2) is 9.18 Å². The maximum absolute atomic E-state index is 13.8. The number of amides is 1. The Hall–Kier alpha value is -1.86. The molecular formula is C22H34FN3O3. The van der Waals surface area contributed by atoms with Crippen molar-refractivity contribution in [3.05, 3.63) is 29.3 Å². The molecular weight excluding hydrogens is 373 g/mol. The molecule has 162 valence electrons. The maximum Gasteiger partial charge on any atom is 0.410 e. The second kappa shape index (κ2) is 9.30. The molecule has 0 saturated carbocycles. The molecule has 29 heavy (non-hydrogen) atoms. The highest BCUT2D eigenvalue weighted by Gasteiger charge is 2.31. The lowest BCUT2D eigenvalue weighted by Crippen LogP contribution is -2.54. The summed E-state index contributed by atoms with van der Waals surface area (Å²) in [5.41, 5.74) is 2.33. The van der Waals surface area contributed by atoms with Crippen LogP contribution in [-0.4, -0.2) is 73.5 Å². The van der Waals surface area contributed by atoms with E-state index >= 15 is 0 Å². The number of alkyl halides is 1. The van der Waals surface area contributed by atoms with E-state index in [-0.39, 0.29) is 12.1 Å². The van der Waals surface area contributed by atoms with Gasteiger partial charge in [-0.1, -0.05) is 6.07 Å². The molecule has 7 heteroatoms. The van der Waals surface area contributed by atoms with Gasteiger partial charge in [-0.3, -0.25) is 4.90 Å². The van der Waals surface area contributed by atoms with Gasteiger partial charge in [-0.2, -0.15) is 0 Å². The smallest absolute Gasteiger partial charge is 0.410 e. The third kappa shape index (κ3) is 5.82. The van der Waals surface area contributed by atoms with Gasteiger partial charge in [0.2, 0.25) is 0 Å². The van der Waals surface area contributed by atoms with Crippen molar-refractivity contribution in [2.75, 3.05) is 50.8 Å². The summed E-state index contributed by atoms with van der Waals surface area (Å²) in [5, 5.41) is 0. The van der Waals surface area contributed by atoms with Crippen LogP contribution in [0.1, 0.15) is 38.8 Å². The van der Waals surface area contributed by atoms with Gasteiger partial charge in [-0.05, 0) is 51.0 Å². The van der Waals surface area contributed by atoms with Gasteiger partial charge in [-0.15, -0.1) is 0 Å². The minimum atomic E-state index is -0.494. The Kier molecular flexibility index (Phi) is 7.01. The van der Waals surface area contributed by atoms with E-state index < -0.39 is 12.3 Å². The maximum atomic E-state index is 13.8. The zero-order chi connectivity index (χ0) is 21.0. The number of piperazine rings is 1. The fourth-order valence-corrected chi connectivity index (χ4v) is 3.92. The number of ether oxygens (including phenoxy) is 2. The van der Waals surface area contributed by atoms with E-state index in [9.17, 15) is 9.18 Å². The molecule has 0 unspecified atom stereocenters. The van der Waals surface area contributed by atoms with Crippen LogP contribution in [0.15, 0.2) is 18.2 Å². The molecule has 6 nitrogen and oxygen atoms in total. The molecule has 1 amide bonds. The first kappa shape index (κ1) is 21.8. The van der Waals surface area contributed by atoms with Crippen molar-refractivity contribution in [1.29, 1.82) is 0 Å². The van der Waals surface area contributed by atoms with Crippen LogP contribution in [-0.2, 0) is 22.7 Å². The summed E-state index contributed by atoms with van der Waals surface area (Å²) in [4.78, 5) is 18.7. The molecule has 0 spiro atoms. The van der Waals surface area contributed by atoms with Crippen molar-refractivity contribution in [2.45, 2.75) is 52.6 Å². The van der Waals surface area contributed by atoms with Crippen LogP contribution < -0.4 is 4.90 Å². The summed E-state index contributed by atoms with van der Waals surface area (Å²) in [5.74, 6) is 0. The fraction of sp³-hybridized carbons (Fsp3) is 0.682. The molecule has 1 aromatic carbocycles. The van der Waals surface area contributed by atoms with E-state index in [0.717, 1.165) is 43.0 Å². The zero-order valence-electron chi connectivity index (χ0n) is 18.1. The summed E-state index contributed by atoms with van der Waals surface area (Å²) in [6.07, 6.45) is -0.260. The van der Waals surface area contributed by atoms with Gasteiger partial charge in [0.1, 0.15) is 12.3 Å². The molecule has 0 aromatic heterocycles. The van der Waals surface area contributed by atoms with E-state index in [1.165, 1.54) is 0 Å². The van der Waals surface area contributed by atoms with Crippen LogP contribution in [0, 0.1) is 0 Å². The quantitative estimate of drug-likeness (QED) is 0.765. The number of hydrogen-bond donors (Lipinski definition) is 0. The molecule has 2 fully saturated rings. The lowest BCUT2D eigenvalue weighted by molar-refractivity contribution is 0.000523. The van der Waals surface area contributed by atoms with Gasteiger partial charge >= 0.3 is 6.09 Å². The molecule has 3 rings (SSSR count). The number of hydrogen-bond acceptors (Lipinski definition) is 5.